The third-order valence-electron chi connectivity index (χ3n) is 3.94. The molecular weight excluding hydrogens is 312 g/mol. The average Bonchev–Trinajstić information content (AvgIpc) is 2.85. The van der Waals surface area contributed by atoms with E-state index in [2.05, 4.69) is 5.43 Å². The molecule has 7 heteroatoms. The van der Waals surface area contributed by atoms with Crippen LogP contribution in [0.3, 0.4) is 0 Å². The summed E-state index contributed by atoms with van der Waals surface area (Å²) in [6.07, 6.45) is 0. The van der Waals surface area contributed by atoms with Crippen molar-refractivity contribution in [3.63, 3.8) is 0 Å². The van der Waals surface area contributed by atoms with Crippen LogP contribution >= 0.6 is 0 Å². The topological polar surface area (TPSA) is 91.3 Å². The second-order valence-corrected chi connectivity index (χ2v) is 5.40. The van der Waals surface area contributed by atoms with Crippen molar-refractivity contribution < 1.29 is 24.5 Å². The number of anilines is 1. The normalized spacial score (nSPS) is 19.4. The van der Waals surface area contributed by atoms with Crippen molar-refractivity contribution in [2.24, 2.45) is 0 Å². The maximum absolute atomic E-state index is 12.4. The third kappa shape index (κ3) is 2.69. The molecule has 24 heavy (non-hydrogen) atoms. The molecule has 1 amide bonds. The standard InChI is InChI=1S/C17H18N2O5/c1-23-13-8-6-12(7-9-13)19-16(20)17(21,22)15(18-19)11-4-3-5-14(10-11)24-2/h3-10,15,18,21-22H,1-2H3. The van der Waals surface area contributed by atoms with Crippen LogP contribution in [0.2, 0.25) is 0 Å². The minimum Gasteiger partial charge on any atom is -0.497 e. The van der Waals surface area contributed by atoms with Gasteiger partial charge in [0, 0.05) is 0 Å². The quantitative estimate of drug-likeness (QED) is 0.724. The van der Waals surface area contributed by atoms with Crippen LogP contribution in [-0.2, 0) is 4.79 Å². The van der Waals surface area contributed by atoms with E-state index in [1.54, 1.807) is 55.6 Å². The lowest BCUT2D eigenvalue weighted by atomic mass is 10.00. The first-order valence-corrected chi connectivity index (χ1v) is 7.31. The molecular formula is C17H18N2O5. The van der Waals surface area contributed by atoms with Gasteiger partial charge in [-0.25, -0.2) is 10.4 Å². The Bertz CT molecular complexity index is 745. The van der Waals surface area contributed by atoms with E-state index >= 15 is 0 Å². The second kappa shape index (κ2) is 6.12. The van der Waals surface area contributed by atoms with Crippen LogP contribution < -0.4 is 19.9 Å². The summed E-state index contributed by atoms with van der Waals surface area (Å²) in [5, 5.41) is 21.7. The van der Waals surface area contributed by atoms with Gasteiger partial charge in [-0.15, -0.1) is 0 Å². The highest BCUT2D eigenvalue weighted by Crippen LogP contribution is 2.35. The predicted octanol–water partition coefficient (Wildman–Crippen LogP) is 0.977. The number of hydrogen-bond acceptors (Lipinski definition) is 6. The highest BCUT2D eigenvalue weighted by Gasteiger charge is 2.53. The number of rotatable bonds is 4. The van der Waals surface area contributed by atoms with Gasteiger partial charge in [-0.3, -0.25) is 4.79 Å². The second-order valence-electron chi connectivity index (χ2n) is 5.40. The number of amides is 1. The molecule has 2 aromatic rings. The van der Waals surface area contributed by atoms with Gasteiger partial charge in [-0.05, 0) is 42.0 Å². The fourth-order valence-electron chi connectivity index (χ4n) is 2.62. The Kier molecular flexibility index (Phi) is 4.15. The van der Waals surface area contributed by atoms with Gasteiger partial charge >= 0.3 is 5.91 Å². The highest BCUT2D eigenvalue weighted by atomic mass is 16.5. The largest absolute Gasteiger partial charge is 0.497 e. The molecule has 126 valence electrons. The summed E-state index contributed by atoms with van der Waals surface area (Å²) in [4.78, 5) is 12.4. The zero-order chi connectivity index (χ0) is 17.3. The Morgan fingerprint density at radius 1 is 1.04 bits per heavy atom. The summed E-state index contributed by atoms with van der Waals surface area (Å²) in [6.45, 7) is 0. The summed E-state index contributed by atoms with van der Waals surface area (Å²) in [5.41, 5.74) is 3.83. The SMILES string of the molecule is COc1ccc(N2NC(c3cccc(OC)c3)C(O)(O)C2=O)cc1. The van der Waals surface area contributed by atoms with Gasteiger partial charge in [-0.2, -0.15) is 0 Å². The van der Waals surface area contributed by atoms with E-state index in [0.717, 1.165) is 5.01 Å². The van der Waals surface area contributed by atoms with Crippen molar-refractivity contribution in [3.8, 4) is 11.5 Å². The molecule has 1 saturated heterocycles. The number of nitrogens with one attached hydrogen (secondary N) is 1. The Hall–Kier alpha value is -2.61. The molecule has 0 radical (unpaired) electrons. The number of benzene rings is 2. The minimum atomic E-state index is -2.58. The number of nitrogens with zero attached hydrogens (tertiary/aromatic N) is 1. The Labute approximate surface area is 139 Å². The molecule has 1 unspecified atom stereocenters. The highest BCUT2D eigenvalue weighted by molar-refractivity contribution is 6.00. The summed E-state index contributed by atoms with van der Waals surface area (Å²) < 4.78 is 10.2. The zero-order valence-electron chi connectivity index (χ0n) is 13.3. The number of hydrazine groups is 1. The van der Waals surface area contributed by atoms with Crippen LogP contribution in [0.15, 0.2) is 48.5 Å². The first kappa shape index (κ1) is 16.3. The van der Waals surface area contributed by atoms with Crippen molar-refractivity contribution >= 4 is 11.6 Å². The molecule has 0 aromatic heterocycles. The Balaban J connectivity index is 1.93. The molecule has 1 aliphatic heterocycles. The summed E-state index contributed by atoms with van der Waals surface area (Å²) in [6, 6.07) is 12.4. The van der Waals surface area contributed by atoms with Crippen molar-refractivity contribution in [2.75, 3.05) is 19.2 Å². The number of methoxy groups -OCH3 is 2. The average molecular weight is 330 g/mol. The fraction of sp³-hybridized carbons (Fsp3) is 0.235. The van der Waals surface area contributed by atoms with Gasteiger partial charge in [0.05, 0.1) is 19.9 Å². The molecule has 7 nitrogen and oxygen atoms in total. The summed E-state index contributed by atoms with van der Waals surface area (Å²) >= 11 is 0. The lowest BCUT2D eigenvalue weighted by Crippen LogP contribution is -2.42. The van der Waals surface area contributed by atoms with Gasteiger partial charge in [0.25, 0.3) is 5.79 Å². The molecule has 0 aliphatic carbocycles. The van der Waals surface area contributed by atoms with Crippen LogP contribution in [0.4, 0.5) is 5.69 Å². The van der Waals surface area contributed by atoms with E-state index in [1.165, 1.54) is 7.11 Å². The van der Waals surface area contributed by atoms with Gasteiger partial charge in [0.15, 0.2) is 0 Å². The molecule has 0 saturated carbocycles. The fourth-order valence-corrected chi connectivity index (χ4v) is 2.62. The Morgan fingerprint density at radius 2 is 1.71 bits per heavy atom. The molecule has 1 aliphatic rings. The molecule has 1 atom stereocenters. The van der Waals surface area contributed by atoms with Gasteiger partial charge < -0.3 is 19.7 Å². The van der Waals surface area contributed by atoms with Crippen molar-refractivity contribution in [1.82, 2.24) is 5.43 Å². The monoisotopic (exact) mass is 330 g/mol. The maximum Gasteiger partial charge on any atom is 0.303 e. The van der Waals surface area contributed by atoms with Crippen LogP contribution in [0, 0.1) is 0 Å². The van der Waals surface area contributed by atoms with Gasteiger partial charge in [0.2, 0.25) is 0 Å². The van der Waals surface area contributed by atoms with E-state index < -0.39 is 17.7 Å². The first-order valence-electron chi connectivity index (χ1n) is 7.31. The van der Waals surface area contributed by atoms with E-state index in [9.17, 15) is 15.0 Å². The number of carbonyl (C=O) groups is 1. The molecule has 1 heterocycles. The van der Waals surface area contributed by atoms with Crippen LogP contribution in [-0.4, -0.2) is 36.1 Å². The maximum atomic E-state index is 12.4. The van der Waals surface area contributed by atoms with Crippen molar-refractivity contribution in [3.05, 3.63) is 54.1 Å². The van der Waals surface area contributed by atoms with Crippen molar-refractivity contribution in [1.29, 1.82) is 0 Å². The van der Waals surface area contributed by atoms with E-state index in [4.69, 9.17) is 9.47 Å². The third-order valence-corrected chi connectivity index (χ3v) is 3.94. The van der Waals surface area contributed by atoms with E-state index in [1.807, 2.05) is 0 Å². The summed E-state index contributed by atoms with van der Waals surface area (Å²) in [7, 11) is 3.06. The smallest absolute Gasteiger partial charge is 0.303 e. The van der Waals surface area contributed by atoms with E-state index in [-0.39, 0.29) is 0 Å². The van der Waals surface area contributed by atoms with Crippen molar-refractivity contribution in [2.45, 2.75) is 11.8 Å². The van der Waals surface area contributed by atoms with Crippen LogP contribution in [0.5, 0.6) is 11.5 Å². The Morgan fingerprint density at radius 3 is 2.33 bits per heavy atom. The molecule has 3 N–H and O–H groups in total. The number of hydrogen-bond donors (Lipinski definition) is 3. The molecule has 0 spiro atoms. The molecule has 3 rings (SSSR count). The van der Waals surface area contributed by atoms with Crippen LogP contribution in [0.25, 0.3) is 0 Å². The van der Waals surface area contributed by atoms with Gasteiger partial charge in [-0.1, -0.05) is 12.1 Å². The van der Waals surface area contributed by atoms with Gasteiger partial charge in [0.1, 0.15) is 17.5 Å². The minimum absolute atomic E-state index is 0.471. The number of aliphatic hydroxyl groups is 2. The molecule has 0 bridgehead atoms. The lowest BCUT2D eigenvalue weighted by Gasteiger charge is -2.20. The predicted molar refractivity (Wildman–Crippen MR) is 86.5 cm³/mol. The summed E-state index contributed by atoms with van der Waals surface area (Å²) in [5.74, 6) is -2.25. The number of ether oxygens (including phenoxy) is 2. The first-order chi connectivity index (χ1) is 11.5. The van der Waals surface area contributed by atoms with E-state index in [0.29, 0.717) is 22.7 Å². The molecule has 1 fully saturated rings. The molecule has 2 aromatic carbocycles. The number of carbonyl (C=O) groups excluding carboxylic acids is 1. The zero-order valence-corrected chi connectivity index (χ0v) is 13.3. The van der Waals surface area contributed by atoms with Crippen LogP contribution in [0.1, 0.15) is 11.6 Å². The lowest BCUT2D eigenvalue weighted by molar-refractivity contribution is -0.182.